The van der Waals surface area contributed by atoms with Crippen LogP contribution in [0.2, 0.25) is 0 Å². The van der Waals surface area contributed by atoms with E-state index in [0.29, 0.717) is 16.7 Å². The van der Waals surface area contributed by atoms with Crippen molar-refractivity contribution in [3.63, 3.8) is 0 Å². The number of nitrogens with one attached hydrogen (secondary N) is 1. The predicted octanol–water partition coefficient (Wildman–Crippen LogP) is 3.21. The summed E-state index contributed by atoms with van der Waals surface area (Å²) >= 11 is 0. The summed E-state index contributed by atoms with van der Waals surface area (Å²) in [7, 11) is 0. The van der Waals surface area contributed by atoms with E-state index in [1.165, 1.54) is 18.2 Å². The van der Waals surface area contributed by atoms with E-state index in [-0.39, 0.29) is 42.4 Å². The van der Waals surface area contributed by atoms with Gasteiger partial charge >= 0.3 is 0 Å². The van der Waals surface area contributed by atoms with Gasteiger partial charge in [0, 0.05) is 24.1 Å². The molecule has 0 aliphatic carbocycles. The number of nitrogens with zero attached hydrogens (tertiary/aromatic N) is 2. The third kappa shape index (κ3) is 4.85. The van der Waals surface area contributed by atoms with Crippen molar-refractivity contribution in [2.75, 3.05) is 18.9 Å². The number of carbonyl (C=O) groups excluding carboxylic acids is 2. The van der Waals surface area contributed by atoms with E-state index < -0.39 is 36.0 Å². The van der Waals surface area contributed by atoms with Crippen LogP contribution in [0.15, 0.2) is 42.5 Å². The molecule has 4 rings (SSSR count). The minimum absolute atomic E-state index is 0.0716. The highest BCUT2D eigenvalue weighted by atomic mass is 19.3. The maximum absolute atomic E-state index is 14.5. The van der Waals surface area contributed by atoms with E-state index in [9.17, 15) is 22.8 Å². The fraction of sp³-hybridized carbons (Fsp3) is 0.292. The quantitative estimate of drug-likeness (QED) is 0.492. The van der Waals surface area contributed by atoms with Crippen LogP contribution in [-0.4, -0.2) is 40.7 Å². The van der Waals surface area contributed by atoms with E-state index >= 15 is 0 Å². The molecule has 0 radical (unpaired) electrons. The van der Waals surface area contributed by atoms with Crippen LogP contribution < -0.4 is 16.8 Å². The molecule has 0 bridgehead atoms. The molecule has 11 heteroatoms. The van der Waals surface area contributed by atoms with Gasteiger partial charge in [0.1, 0.15) is 28.9 Å². The standard InChI is InChI=1S/C24H24F3N5O3/c1-13-2-7-16(25)10-17(13)23(34)30-11-14-3-5-15(6-4-14)20-19(22(29)33)21(28)32(31-20)18-12-35-9-8-24(18,26)27/h2-7,10,18H,8-9,11-12,28H2,1H3,(H2,29,33)(H,30,34). The summed E-state index contributed by atoms with van der Waals surface area (Å²) in [4.78, 5) is 24.5. The number of carbonyl (C=O) groups is 2. The van der Waals surface area contributed by atoms with Crippen LogP contribution in [0.5, 0.6) is 0 Å². The fourth-order valence-corrected chi connectivity index (χ4v) is 3.97. The first-order chi connectivity index (χ1) is 16.6. The molecule has 184 valence electrons. The Morgan fingerprint density at radius 1 is 1.23 bits per heavy atom. The molecule has 8 nitrogen and oxygen atoms in total. The van der Waals surface area contributed by atoms with Crippen LogP contribution in [-0.2, 0) is 11.3 Å². The van der Waals surface area contributed by atoms with Gasteiger partial charge in [-0.3, -0.25) is 9.59 Å². The lowest BCUT2D eigenvalue weighted by atomic mass is 10.0. The van der Waals surface area contributed by atoms with E-state index in [0.717, 1.165) is 4.68 Å². The lowest BCUT2D eigenvalue weighted by Gasteiger charge is -2.31. The number of benzene rings is 2. The highest BCUT2D eigenvalue weighted by Crippen LogP contribution is 2.39. The van der Waals surface area contributed by atoms with Gasteiger partial charge in [-0.2, -0.15) is 5.10 Å². The minimum atomic E-state index is -3.12. The summed E-state index contributed by atoms with van der Waals surface area (Å²) in [6.07, 6.45) is -0.492. The second kappa shape index (κ2) is 9.41. The molecule has 5 N–H and O–H groups in total. The summed E-state index contributed by atoms with van der Waals surface area (Å²) in [6, 6.07) is 9.08. The zero-order chi connectivity index (χ0) is 25.3. The summed E-state index contributed by atoms with van der Waals surface area (Å²) in [5.41, 5.74) is 13.4. The molecule has 2 aromatic carbocycles. The number of nitrogens with two attached hydrogens (primary N) is 2. The highest BCUT2D eigenvalue weighted by molar-refractivity contribution is 6.03. The molecule has 3 aromatic rings. The minimum Gasteiger partial charge on any atom is -0.383 e. The molecule has 0 spiro atoms. The molecule has 1 aromatic heterocycles. The molecule has 1 unspecified atom stereocenters. The van der Waals surface area contributed by atoms with Gasteiger partial charge in [-0.05, 0) is 30.2 Å². The molecular formula is C24H24F3N5O3. The van der Waals surface area contributed by atoms with Crippen molar-refractivity contribution in [3.05, 3.63) is 70.5 Å². The molecule has 2 heterocycles. The highest BCUT2D eigenvalue weighted by Gasteiger charge is 2.45. The number of nitrogen functional groups attached to an aromatic ring is 1. The Balaban J connectivity index is 1.56. The predicted molar refractivity (Wildman–Crippen MR) is 122 cm³/mol. The van der Waals surface area contributed by atoms with Gasteiger partial charge < -0.3 is 21.5 Å². The maximum Gasteiger partial charge on any atom is 0.274 e. The van der Waals surface area contributed by atoms with E-state index in [2.05, 4.69) is 10.4 Å². The normalized spacial score (nSPS) is 17.2. The number of hydrogen-bond donors (Lipinski definition) is 3. The van der Waals surface area contributed by atoms with Crippen molar-refractivity contribution >= 4 is 17.6 Å². The molecule has 1 aliphatic heterocycles. The zero-order valence-corrected chi connectivity index (χ0v) is 18.9. The molecule has 2 amide bonds. The van der Waals surface area contributed by atoms with Crippen molar-refractivity contribution in [2.24, 2.45) is 5.73 Å². The third-order valence-corrected chi connectivity index (χ3v) is 5.96. The number of aromatic nitrogens is 2. The molecule has 1 atom stereocenters. The van der Waals surface area contributed by atoms with Gasteiger partial charge in [-0.25, -0.2) is 17.9 Å². The Morgan fingerprint density at radius 3 is 2.60 bits per heavy atom. The molecule has 35 heavy (non-hydrogen) atoms. The van der Waals surface area contributed by atoms with E-state index in [1.807, 2.05) is 0 Å². The summed E-state index contributed by atoms with van der Waals surface area (Å²) in [6.45, 7) is 1.47. The lowest BCUT2D eigenvalue weighted by Crippen LogP contribution is -2.40. The second-order valence-electron chi connectivity index (χ2n) is 8.36. The van der Waals surface area contributed by atoms with Gasteiger partial charge in [0.2, 0.25) is 0 Å². The number of alkyl halides is 2. The largest absolute Gasteiger partial charge is 0.383 e. The van der Waals surface area contributed by atoms with Crippen LogP contribution in [0.1, 0.15) is 44.3 Å². The summed E-state index contributed by atoms with van der Waals surface area (Å²) in [5.74, 6) is -5.21. The van der Waals surface area contributed by atoms with Gasteiger partial charge in [-0.15, -0.1) is 0 Å². The monoisotopic (exact) mass is 487 g/mol. The number of hydrogen-bond acceptors (Lipinski definition) is 5. The average molecular weight is 487 g/mol. The Kier molecular flexibility index (Phi) is 6.53. The van der Waals surface area contributed by atoms with Crippen molar-refractivity contribution < 1.29 is 27.5 Å². The van der Waals surface area contributed by atoms with Crippen LogP contribution in [0.4, 0.5) is 19.0 Å². The number of rotatable bonds is 6. The number of anilines is 1. The number of halogens is 3. The fourth-order valence-electron chi connectivity index (χ4n) is 3.97. The van der Waals surface area contributed by atoms with Crippen molar-refractivity contribution in [2.45, 2.75) is 31.9 Å². The first kappa shape index (κ1) is 24.3. The van der Waals surface area contributed by atoms with Crippen molar-refractivity contribution in [3.8, 4) is 11.3 Å². The second-order valence-corrected chi connectivity index (χ2v) is 8.36. The van der Waals surface area contributed by atoms with E-state index in [4.69, 9.17) is 16.2 Å². The zero-order valence-electron chi connectivity index (χ0n) is 18.9. The topological polar surface area (TPSA) is 125 Å². The molecule has 1 aliphatic rings. The van der Waals surface area contributed by atoms with Crippen LogP contribution >= 0.6 is 0 Å². The van der Waals surface area contributed by atoms with Gasteiger partial charge in [0.25, 0.3) is 17.7 Å². The first-order valence-electron chi connectivity index (χ1n) is 10.9. The lowest BCUT2D eigenvalue weighted by molar-refractivity contribution is -0.135. The average Bonchev–Trinajstić information content (AvgIpc) is 3.16. The SMILES string of the molecule is Cc1ccc(F)cc1C(=O)NCc1ccc(-c2nn(C3COCCC3(F)F)c(N)c2C(N)=O)cc1. The Labute approximate surface area is 199 Å². The number of amides is 2. The first-order valence-corrected chi connectivity index (χ1v) is 10.9. The van der Waals surface area contributed by atoms with Gasteiger partial charge in [-0.1, -0.05) is 30.3 Å². The molecule has 0 saturated carbocycles. The smallest absolute Gasteiger partial charge is 0.274 e. The van der Waals surface area contributed by atoms with Gasteiger partial charge in [0.05, 0.1) is 13.2 Å². The molecule has 1 fully saturated rings. The number of aryl methyl sites for hydroxylation is 1. The van der Waals surface area contributed by atoms with Crippen LogP contribution in [0, 0.1) is 12.7 Å². The van der Waals surface area contributed by atoms with Crippen molar-refractivity contribution in [1.82, 2.24) is 15.1 Å². The van der Waals surface area contributed by atoms with Gasteiger partial charge in [0.15, 0.2) is 0 Å². The van der Waals surface area contributed by atoms with Crippen LogP contribution in [0.3, 0.4) is 0 Å². The summed E-state index contributed by atoms with van der Waals surface area (Å²) in [5, 5.41) is 6.93. The Morgan fingerprint density at radius 2 is 1.94 bits per heavy atom. The Bertz CT molecular complexity index is 1270. The van der Waals surface area contributed by atoms with Crippen LogP contribution in [0.25, 0.3) is 11.3 Å². The summed E-state index contributed by atoms with van der Waals surface area (Å²) < 4.78 is 48.5. The number of primary amides is 1. The Hall–Kier alpha value is -3.86. The number of ether oxygens (including phenoxy) is 1. The maximum atomic E-state index is 14.5. The van der Waals surface area contributed by atoms with Crippen molar-refractivity contribution in [1.29, 1.82) is 0 Å². The third-order valence-electron chi connectivity index (χ3n) is 5.96. The molecule has 1 saturated heterocycles. The molecular weight excluding hydrogens is 463 g/mol. The van der Waals surface area contributed by atoms with E-state index in [1.54, 1.807) is 31.2 Å².